The topological polar surface area (TPSA) is 36.4 Å². The molecule has 0 aliphatic carbocycles. The molecule has 0 radical (unpaired) electrons. The van der Waals surface area contributed by atoms with Crippen LogP contribution in [0.15, 0.2) is 40.9 Å². The highest BCUT2D eigenvalue weighted by Crippen LogP contribution is 2.32. The summed E-state index contributed by atoms with van der Waals surface area (Å²) in [6.07, 6.45) is 0. The SMILES string of the molecule is Cc1cc(C)c2sc(N(CCN(C)C)C(=O)c3ccc(Br)cc3)nc2c1. The lowest BCUT2D eigenvalue weighted by Crippen LogP contribution is -2.36. The van der Waals surface area contributed by atoms with Crippen LogP contribution in [0.4, 0.5) is 5.13 Å². The second-order valence-electron chi connectivity index (χ2n) is 6.69. The molecule has 0 aliphatic heterocycles. The number of rotatable bonds is 5. The Hall–Kier alpha value is -1.76. The van der Waals surface area contributed by atoms with Crippen molar-refractivity contribution in [2.75, 3.05) is 32.1 Å². The third kappa shape index (κ3) is 4.14. The van der Waals surface area contributed by atoms with E-state index in [0.717, 1.165) is 26.4 Å². The van der Waals surface area contributed by atoms with E-state index in [1.807, 2.05) is 38.4 Å². The van der Waals surface area contributed by atoms with Gasteiger partial charge < -0.3 is 4.90 Å². The van der Waals surface area contributed by atoms with E-state index in [-0.39, 0.29) is 5.91 Å². The van der Waals surface area contributed by atoms with Crippen molar-refractivity contribution in [1.29, 1.82) is 0 Å². The predicted molar refractivity (Wildman–Crippen MR) is 113 cm³/mol. The number of amides is 1. The molecule has 0 bridgehead atoms. The molecule has 1 heterocycles. The Labute approximate surface area is 166 Å². The zero-order valence-electron chi connectivity index (χ0n) is 15.4. The van der Waals surface area contributed by atoms with Crippen molar-refractivity contribution in [2.24, 2.45) is 0 Å². The van der Waals surface area contributed by atoms with Crippen LogP contribution in [0.2, 0.25) is 0 Å². The predicted octanol–water partition coefficient (Wildman–Crippen LogP) is 4.88. The van der Waals surface area contributed by atoms with Gasteiger partial charge in [-0.1, -0.05) is 33.3 Å². The molecule has 26 heavy (non-hydrogen) atoms. The van der Waals surface area contributed by atoms with Gasteiger partial charge >= 0.3 is 0 Å². The number of carbonyl (C=O) groups excluding carboxylic acids is 1. The highest BCUT2D eigenvalue weighted by Gasteiger charge is 2.22. The van der Waals surface area contributed by atoms with Gasteiger partial charge in [0.2, 0.25) is 0 Å². The largest absolute Gasteiger partial charge is 0.308 e. The molecule has 6 heteroatoms. The van der Waals surface area contributed by atoms with Crippen LogP contribution in [0.5, 0.6) is 0 Å². The van der Waals surface area contributed by atoms with E-state index in [9.17, 15) is 4.79 Å². The first-order valence-corrected chi connectivity index (χ1v) is 10.1. The second kappa shape index (κ2) is 7.86. The summed E-state index contributed by atoms with van der Waals surface area (Å²) in [5.41, 5.74) is 4.01. The summed E-state index contributed by atoms with van der Waals surface area (Å²) in [5, 5.41) is 0.753. The Balaban J connectivity index is 2.01. The molecule has 0 N–H and O–H groups in total. The number of aromatic nitrogens is 1. The van der Waals surface area contributed by atoms with E-state index in [4.69, 9.17) is 4.98 Å². The number of nitrogens with zero attached hydrogens (tertiary/aromatic N) is 3. The van der Waals surface area contributed by atoms with Crippen molar-refractivity contribution in [1.82, 2.24) is 9.88 Å². The number of aryl methyl sites for hydroxylation is 2. The summed E-state index contributed by atoms with van der Waals surface area (Å²) >= 11 is 5.01. The van der Waals surface area contributed by atoms with Gasteiger partial charge in [0.25, 0.3) is 5.91 Å². The molecule has 0 fully saturated rings. The normalized spacial score (nSPS) is 11.3. The first kappa shape index (κ1) is 19.0. The maximum absolute atomic E-state index is 13.2. The lowest BCUT2D eigenvalue weighted by Gasteiger charge is -2.22. The minimum absolute atomic E-state index is 0.0206. The summed E-state index contributed by atoms with van der Waals surface area (Å²) in [7, 11) is 4.02. The molecule has 136 valence electrons. The van der Waals surface area contributed by atoms with Crippen LogP contribution in [0.1, 0.15) is 21.5 Å². The number of halogens is 1. The smallest absolute Gasteiger partial charge is 0.260 e. The van der Waals surface area contributed by atoms with Crippen LogP contribution in [0.25, 0.3) is 10.2 Å². The monoisotopic (exact) mass is 431 g/mol. The minimum atomic E-state index is -0.0206. The molecule has 1 aromatic heterocycles. The Morgan fingerprint density at radius 1 is 1.12 bits per heavy atom. The van der Waals surface area contributed by atoms with Crippen molar-refractivity contribution in [2.45, 2.75) is 13.8 Å². The number of thiazole rings is 1. The molecule has 0 unspecified atom stereocenters. The molecule has 3 rings (SSSR count). The first-order chi connectivity index (χ1) is 12.3. The maximum atomic E-state index is 13.2. The number of benzene rings is 2. The van der Waals surface area contributed by atoms with Gasteiger partial charge in [-0.3, -0.25) is 9.69 Å². The van der Waals surface area contributed by atoms with E-state index < -0.39 is 0 Å². The molecule has 0 spiro atoms. The first-order valence-electron chi connectivity index (χ1n) is 8.45. The molecular formula is C20H22BrN3OS. The minimum Gasteiger partial charge on any atom is -0.308 e. The van der Waals surface area contributed by atoms with Crippen LogP contribution in [-0.2, 0) is 0 Å². The van der Waals surface area contributed by atoms with E-state index in [1.54, 1.807) is 16.2 Å². The molecular weight excluding hydrogens is 410 g/mol. The van der Waals surface area contributed by atoms with Gasteiger partial charge in [-0.15, -0.1) is 0 Å². The van der Waals surface area contributed by atoms with Crippen molar-refractivity contribution in [3.05, 3.63) is 57.6 Å². The molecule has 4 nitrogen and oxygen atoms in total. The Morgan fingerprint density at radius 2 is 1.81 bits per heavy atom. The maximum Gasteiger partial charge on any atom is 0.260 e. The molecule has 3 aromatic rings. The van der Waals surface area contributed by atoms with E-state index in [0.29, 0.717) is 12.1 Å². The molecule has 0 saturated heterocycles. The van der Waals surface area contributed by atoms with Gasteiger partial charge in [-0.05, 0) is 69.4 Å². The average molecular weight is 432 g/mol. The molecule has 0 aliphatic rings. The van der Waals surface area contributed by atoms with Gasteiger partial charge in [0.15, 0.2) is 5.13 Å². The fraction of sp³-hybridized carbons (Fsp3) is 0.300. The third-order valence-corrected chi connectivity index (χ3v) is 5.91. The lowest BCUT2D eigenvalue weighted by molar-refractivity contribution is 0.0985. The number of carbonyl (C=O) groups is 1. The molecule has 0 saturated carbocycles. The molecule has 2 aromatic carbocycles. The summed E-state index contributed by atoms with van der Waals surface area (Å²) in [6, 6.07) is 11.7. The van der Waals surface area contributed by atoms with Crippen LogP contribution in [0, 0.1) is 13.8 Å². The number of fused-ring (bicyclic) bond motifs is 1. The van der Waals surface area contributed by atoms with E-state index in [2.05, 4.69) is 46.8 Å². The van der Waals surface area contributed by atoms with E-state index >= 15 is 0 Å². The molecule has 0 atom stereocenters. The van der Waals surface area contributed by atoms with Gasteiger partial charge in [0.1, 0.15) is 0 Å². The average Bonchev–Trinajstić information content (AvgIpc) is 2.99. The fourth-order valence-electron chi connectivity index (χ4n) is 2.81. The summed E-state index contributed by atoms with van der Waals surface area (Å²) in [6.45, 7) is 5.54. The van der Waals surface area contributed by atoms with Crippen LogP contribution >= 0.6 is 27.3 Å². The highest BCUT2D eigenvalue weighted by molar-refractivity contribution is 9.10. The standard InChI is InChI=1S/C20H22BrN3OS/c1-13-11-14(2)18-17(12-13)22-20(26-18)24(10-9-23(3)4)19(25)15-5-7-16(21)8-6-15/h5-8,11-12H,9-10H2,1-4H3. The number of likely N-dealkylation sites (N-methyl/N-ethyl adjacent to an activating group) is 1. The Bertz CT molecular complexity index is 934. The van der Waals surface area contributed by atoms with Crippen LogP contribution < -0.4 is 4.90 Å². The lowest BCUT2D eigenvalue weighted by atomic mass is 10.1. The van der Waals surface area contributed by atoms with Gasteiger partial charge in [-0.2, -0.15) is 0 Å². The highest BCUT2D eigenvalue weighted by atomic mass is 79.9. The third-order valence-electron chi connectivity index (χ3n) is 4.15. The van der Waals surface area contributed by atoms with Crippen molar-refractivity contribution in [3.63, 3.8) is 0 Å². The summed E-state index contributed by atoms with van der Waals surface area (Å²) in [4.78, 5) is 21.8. The van der Waals surface area contributed by atoms with Gasteiger partial charge in [0.05, 0.1) is 10.2 Å². The summed E-state index contributed by atoms with van der Waals surface area (Å²) in [5.74, 6) is -0.0206. The summed E-state index contributed by atoms with van der Waals surface area (Å²) < 4.78 is 2.10. The van der Waals surface area contributed by atoms with E-state index in [1.165, 1.54) is 11.1 Å². The Kier molecular flexibility index (Phi) is 5.75. The zero-order chi connectivity index (χ0) is 18.8. The van der Waals surface area contributed by atoms with Gasteiger partial charge in [-0.25, -0.2) is 4.98 Å². The fourth-order valence-corrected chi connectivity index (χ4v) is 4.12. The quantitative estimate of drug-likeness (QED) is 0.577. The van der Waals surface area contributed by atoms with Crippen molar-refractivity contribution in [3.8, 4) is 0 Å². The second-order valence-corrected chi connectivity index (χ2v) is 8.59. The number of hydrogen-bond donors (Lipinski definition) is 0. The number of anilines is 1. The van der Waals surface area contributed by atoms with Crippen LogP contribution in [-0.4, -0.2) is 43.0 Å². The number of hydrogen-bond acceptors (Lipinski definition) is 4. The van der Waals surface area contributed by atoms with Gasteiger partial charge in [0, 0.05) is 23.1 Å². The Morgan fingerprint density at radius 3 is 2.46 bits per heavy atom. The molecule has 1 amide bonds. The van der Waals surface area contributed by atoms with Crippen molar-refractivity contribution < 1.29 is 4.79 Å². The van der Waals surface area contributed by atoms with Crippen molar-refractivity contribution >= 4 is 48.5 Å². The van der Waals surface area contributed by atoms with Crippen LogP contribution in [0.3, 0.4) is 0 Å². The zero-order valence-corrected chi connectivity index (χ0v) is 17.8.